The third-order valence-corrected chi connectivity index (χ3v) is 3.22. The summed E-state index contributed by atoms with van der Waals surface area (Å²) in [5.74, 6) is 1.77. The van der Waals surface area contributed by atoms with Crippen molar-refractivity contribution >= 4 is 11.6 Å². The summed E-state index contributed by atoms with van der Waals surface area (Å²) in [7, 11) is 0. The number of hydrogen-bond acceptors (Lipinski definition) is 6. The van der Waals surface area contributed by atoms with Crippen molar-refractivity contribution in [3.05, 3.63) is 40.5 Å². The van der Waals surface area contributed by atoms with E-state index in [-0.39, 0.29) is 6.61 Å². The largest absolute Gasteiger partial charge is 0.491 e. The molecule has 0 spiro atoms. The van der Waals surface area contributed by atoms with Gasteiger partial charge in [0.2, 0.25) is 5.89 Å². The van der Waals surface area contributed by atoms with Crippen LogP contribution in [-0.2, 0) is 6.54 Å². The van der Waals surface area contributed by atoms with E-state index in [1.807, 2.05) is 13.0 Å². The van der Waals surface area contributed by atoms with Crippen LogP contribution in [0.1, 0.15) is 17.3 Å². The Morgan fingerprint density at radius 3 is 2.90 bits per heavy atom. The number of aliphatic hydroxyl groups excluding tert-OH is 1. The molecular weight excluding hydrogens is 294 g/mol. The van der Waals surface area contributed by atoms with Crippen LogP contribution >= 0.6 is 11.6 Å². The van der Waals surface area contributed by atoms with Gasteiger partial charge in [-0.25, -0.2) is 0 Å². The number of aliphatic hydroxyl groups is 1. The molecular formula is C14H18ClN3O3. The first-order chi connectivity index (χ1) is 10.0. The van der Waals surface area contributed by atoms with Crippen molar-refractivity contribution in [1.29, 1.82) is 0 Å². The molecule has 1 heterocycles. The highest BCUT2D eigenvalue weighted by molar-refractivity contribution is 6.31. The van der Waals surface area contributed by atoms with E-state index in [1.165, 1.54) is 0 Å². The van der Waals surface area contributed by atoms with Gasteiger partial charge < -0.3 is 19.7 Å². The Bertz CT molecular complexity index is 589. The van der Waals surface area contributed by atoms with E-state index in [4.69, 9.17) is 20.9 Å². The van der Waals surface area contributed by atoms with E-state index < -0.39 is 6.10 Å². The van der Waals surface area contributed by atoms with Crippen LogP contribution in [0.2, 0.25) is 5.02 Å². The van der Waals surface area contributed by atoms with Crippen molar-refractivity contribution in [3.63, 3.8) is 0 Å². The molecule has 7 heteroatoms. The van der Waals surface area contributed by atoms with Crippen LogP contribution in [0.5, 0.6) is 5.75 Å². The van der Waals surface area contributed by atoms with Gasteiger partial charge in [-0.1, -0.05) is 16.8 Å². The lowest BCUT2D eigenvalue weighted by atomic mass is 10.2. The van der Waals surface area contributed by atoms with Gasteiger partial charge in [-0.3, -0.25) is 0 Å². The lowest BCUT2D eigenvalue weighted by Crippen LogP contribution is -2.31. The molecule has 21 heavy (non-hydrogen) atoms. The van der Waals surface area contributed by atoms with Crippen LogP contribution in [0, 0.1) is 13.8 Å². The van der Waals surface area contributed by atoms with E-state index in [1.54, 1.807) is 19.1 Å². The minimum atomic E-state index is -0.634. The molecule has 0 saturated carbocycles. The Hall–Kier alpha value is -1.63. The molecule has 1 aromatic heterocycles. The van der Waals surface area contributed by atoms with Crippen molar-refractivity contribution < 1.29 is 14.4 Å². The Kier molecular flexibility index (Phi) is 5.55. The molecule has 0 aliphatic rings. The number of nitrogens with zero attached hydrogens (tertiary/aromatic N) is 2. The Morgan fingerprint density at radius 2 is 2.24 bits per heavy atom. The highest BCUT2D eigenvalue weighted by Gasteiger charge is 2.08. The van der Waals surface area contributed by atoms with Gasteiger partial charge in [0.15, 0.2) is 5.82 Å². The monoisotopic (exact) mass is 311 g/mol. The fraction of sp³-hybridized carbons (Fsp3) is 0.429. The number of ether oxygens (including phenoxy) is 1. The molecule has 0 fully saturated rings. The molecule has 2 aromatic rings. The number of hydrogen-bond donors (Lipinski definition) is 2. The minimum Gasteiger partial charge on any atom is -0.491 e. The summed E-state index contributed by atoms with van der Waals surface area (Å²) in [4.78, 5) is 4.05. The number of aromatic nitrogens is 2. The molecule has 0 radical (unpaired) electrons. The van der Waals surface area contributed by atoms with Crippen molar-refractivity contribution in [3.8, 4) is 5.75 Å². The average Bonchev–Trinajstić information content (AvgIpc) is 2.86. The van der Waals surface area contributed by atoms with Gasteiger partial charge in [0.25, 0.3) is 0 Å². The molecule has 6 nitrogen and oxygen atoms in total. The zero-order valence-electron chi connectivity index (χ0n) is 12.0. The van der Waals surface area contributed by atoms with Crippen LogP contribution in [-0.4, -0.2) is 34.5 Å². The lowest BCUT2D eigenvalue weighted by molar-refractivity contribution is 0.105. The fourth-order valence-corrected chi connectivity index (χ4v) is 1.83. The molecule has 114 valence electrons. The quantitative estimate of drug-likeness (QED) is 0.812. The van der Waals surface area contributed by atoms with Gasteiger partial charge in [0.05, 0.1) is 6.54 Å². The predicted octanol–water partition coefficient (Wildman–Crippen LogP) is 1.87. The fourth-order valence-electron chi connectivity index (χ4n) is 1.72. The smallest absolute Gasteiger partial charge is 0.240 e. The molecule has 0 saturated heterocycles. The number of nitrogens with one attached hydrogen (secondary N) is 1. The molecule has 0 aliphatic heterocycles. The lowest BCUT2D eigenvalue weighted by Gasteiger charge is -2.13. The van der Waals surface area contributed by atoms with Gasteiger partial charge in [-0.15, -0.1) is 0 Å². The normalized spacial score (nSPS) is 12.4. The number of benzene rings is 1. The summed E-state index contributed by atoms with van der Waals surface area (Å²) < 4.78 is 10.5. The first-order valence-corrected chi connectivity index (χ1v) is 6.99. The number of halogens is 1. The molecule has 0 amide bonds. The van der Waals surface area contributed by atoms with Gasteiger partial charge in [-0.05, 0) is 37.6 Å². The summed E-state index contributed by atoms with van der Waals surface area (Å²) in [5.41, 5.74) is 0.938. The van der Waals surface area contributed by atoms with Gasteiger partial charge in [0, 0.05) is 11.6 Å². The van der Waals surface area contributed by atoms with Crippen LogP contribution in [0.3, 0.4) is 0 Å². The first kappa shape index (κ1) is 15.8. The van der Waals surface area contributed by atoms with Crippen LogP contribution in [0.15, 0.2) is 22.7 Å². The summed E-state index contributed by atoms with van der Waals surface area (Å²) >= 11 is 5.94. The third-order valence-electron chi connectivity index (χ3n) is 2.80. The summed E-state index contributed by atoms with van der Waals surface area (Å²) in [6.45, 7) is 4.63. The maximum absolute atomic E-state index is 9.84. The van der Waals surface area contributed by atoms with E-state index >= 15 is 0 Å². The molecule has 2 N–H and O–H groups in total. The molecule has 2 rings (SSSR count). The van der Waals surface area contributed by atoms with Crippen molar-refractivity contribution in [2.75, 3.05) is 13.2 Å². The zero-order valence-corrected chi connectivity index (χ0v) is 12.7. The van der Waals surface area contributed by atoms with E-state index in [9.17, 15) is 5.11 Å². The Labute approximate surface area is 128 Å². The Balaban J connectivity index is 1.69. The summed E-state index contributed by atoms with van der Waals surface area (Å²) in [6, 6.07) is 5.38. The third kappa shape index (κ3) is 5.00. The minimum absolute atomic E-state index is 0.191. The maximum atomic E-state index is 9.84. The van der Waals surface area contributed by atoms with E-state index in [0.717, 1.165) is 5.56 Å². The van der Waals surface area contributed by atoms with Crippen molar-refractivity contribution in [2.24, 2.45) is 0 Å². The van der Waals surface area contributed by atoms with E-state index in [0.29, 0.717) is 35.6 Å². The molecule has 0 bridgehead atoms. The number of rotatable bonds is 7. The highest BCUT2D eigenvalue weighted by Crippen LogP contribution is 2.21. The Morgan fingerprint density at radius 1 is 1.43 bits per heavy atom. The van der Waals surface area contributed by atoms with Crippen LogP contribution in [0.4, 0.5) is 0 Å². The second-order valence-corrected chi connectivity index (χ2v) is 5.15. The topological polar surface area (TPSA) is 80.4 Å². The SMILES string of the molecule is Cc1noc(CNCC(O)COc2ccc(Cl)c(C)c2)n1. The second-order valence-electron chi connectivity index (χ2n) is 4.74. The van der Waals surface area contributed by atoms with Crippen molar-refractivity contribution in [2.45, 2.75) is 26.5 Å². The van der Waals surface area contributed by atoms with Crippen molar-refractivity contribution in [1.82, 2.24) is 15.5 Å². The van der Waals surface area contributed by atoms with Gasteiger partial charge >= 0.3 is 0 Å². The van der Waals surface area contributed by atoms with Gasteiger partial charge in [0.1, 0.15) is 18.5 Å². The molecule has 1 aromatic carbocycles. The summed E-state index contributed by atoms with van der Waals surface area (Å²) in [6.07, 6.45) is -0.634. The molecule has 0 aliphatic carbocycles. The van der Waals surface area contributed by atoms with Gasteiger partial charge in [-0.2, -0.15) is 4.98 Å². The zero-order chi connectivity index (χ0) is 15.2. The van der Waals surface area contributed by atoms with E-state index in [2.05, 4.69) is 15.5 Å². The second kappa shape index (κ2) is 7.40. The standard InChI is InChI=1S/C14H18ClN3O3/c1-9-5-12(3-4-13(9)15)20-8-11(19)6-16-7-14-17-10(2)18-21-14/h3-5,11,16,19H,6-8H2,1-2H3. The highest BCUT2D eigenvalue weighted by atomic mass is 35.5. The van der Waals surface area contributed by atoms with Crippen LogP contribution < -0.4 is 10.1 Å². The molecule has 1 atom stereocenters. The predicted molar refractivity (Wildman–Crippen MR) is 78.4 cm³/mol. The van der Waals surface area contributed by atoms with Crippen LogP contribution in [0.25, 0.3) is 0 Å². The summed E-state index contributed by atoms with van der Waals surface area (Å²) in [5, 5.41) is 17.2. The average molecular weight is 312 g/mol. The maximum Gasteiger partial charge on any atom is 0.240 e. The first-order valence-electron chi connectivity index (χ1n) is 6.61. The molecule has 1 unspecified atom stereocenters. The number of aryl methyl sites for hydroxylation is 2.